The third-order valence-corrected chi connectivity index (χ3v) is 8.52. The van der Waals surface area contributed by atoms with E-state index in [0.29, 0.717) is 10.7 Å². The summed E-state index contributed by atoms with van der Waals surface area (Å²) < 4.78 is 0. The Hall–Kier alpha value is -3.71. The number of thiazole rings is 1. The lowest BCUT2D eigenvalue weighted by molar-refractivity contribution is -0.114. The van der Waals surface area contributed by atoms with E-state index < -0.39 is 0 Å². The number of nitriles is 1. The van der Waals surface area contributed by atoms with Crippen LogP contribution in [0.1, 0.15) is 57.7 Å². The molecule has 1 aliphatic heterocycles. The summed E-state index contributed by atoms with van der Waals surface area (Å²) in [6, 6.07) is 16.3. The smallest absolute Gasteiger partial charge is 0.223 e. The van der Waals surface area contributed by atoms with Crippen molar-refractivity contribution in [2.24, 2.45) is 0 Å². The fourth-order valence-corrected chi connectivity index (χ4v) is 6.42. The first kappa shape index (κ1) is 31.2. The van der Waals surface area contributed by atoms with E-state index in [9.17, 15) is 10.1 Å². The van der Waals surface area contributed by atoms with E-state index in [1.807, 2.05) is 37.3 Å². The predicted octanol–water partition coefficient (Wildman–Crippen LogP) is 6.76. The fraction of sp³-hybridized carbons (Fsp3) is 0.424. The van der Waals surface area contributed by atoms with Crippen molar-refractivity contribution in [3.63, 3.8) is 0 Å². The molecule has 0 saturated carbocycles. The molecule has 1 fully saturated rings. The maximum Gasteiger partial charge on any atom is 0.223 e. The number of benzene rings is 2. The second-order valence-electron chi connectivity index (χ2n) is 10.8. The molecule has 1 amide bonds. The van der Waals surface area contributed by atoms with Gasteiger partial charge in [-0.3, -0.25) is 4.79 Å². The van der Waals surface area contributed by atoms with Gasteiger partial charge in [0.2, 0.25) is 5.91 Å². The molecule has 42 heavy (non-hydrogen) atoms. The Labute approximate surface area is 253 Å². The van der Waals surface area contributed by atoms with Gasteiger partial charge in [-0.25, -0.2) is 15.0 Å². The van der Waals surface area contributed by atoms with Gasteiger partial charge in [-0.15, -0.1) is 0 Å². The topological polar surface area (TPSA) is 98.0 Å². The molecule has 1 saturated heterocycles. The summed E-state index contributed by atoms with van der Waals surface area (Å²) in [6.07, 6.45) is 6.89. The van der Waals surface area contributed by atoms with Crippen molar-refractivity contribution in [2.45, 2.75) is 59.4 Å². The van der Waals surface area contributed by atoms with Gasteiger partial charge in [-0.2, -0.15) is 5.26 Å². The van der Waals surface area contributed by atoms with Crippen molar-refractivity contribution in [1.29, 1.82) is 5.26 Å². The molecule has 2 aromatic heterocycles. The molecule has 3 heterocycles. The quantitative estimate of drug-likeness (QED) is 0.245. The highest BCUT2D eigenvalue weighted by molar-refractivity contribution is 7.19. The Morgan fingerprint density at radius 2 is 1.83 bits per heavy atom. The first-order valence-corrected chi connectivity index (χ1v) is 15.6. The minimum absolute atomic E-state index is 0.180. The van der Waals surface area contributed by atoms with Crippen molar-refractivity contribution in [3.8, 4) is 27.8 Å². The SMILES string of the molecule is CC(=O)Nc1nc(-c2cccc(C#N)c2)c(-c2ccc3ncnc(C)c3c2)s1.CCCN(CCC)C1CCN(C)CC1. The van der Waals surface area contributed by atoms with Gasteiger partial charge >= 0.3 is 0 Å². The molecule has 0 unspecified atom stereocenters. The molecule has 0 bridgehead atoms. The van der Waals surface area contributed by atoms with Gasteiger partial charge in [0.1, 0.15) is 6.33 Å². The molecule has 0 radical (unpaired) electrons. The van der Waals surface area contributed by atoms with Crippen LogP contribution in [0.4, 0.5) is 5.13 Å². The van der Waals surface area contributed by atoms with E-state index in [2.05, 4.69) is 57.0 Å². The highest BCUT2D eigenvalue weighted by Crippen LogP contribution is 2.40. The molecule has 9 heteroatoms. The van der Waals surface area contributed by atoms with Crippen LogP contribution in [-0.2, 0) is 4.79 Å². The first-order chi connectivity index (χ1) is 20.3. The van der Waals surface area contributed by atoms with E-state index in [1.54, 1.807) is 18.5 Å². The fourth-order valence-electron chi connectivity index (χ4n) is 5.39. The van der Waals surface area contributed by atoms with E-state index in [0.717, 1.165) is 44.3 Å². The molecular formula is C33H41N7OS. The lowest BCUT2D eigenvalue weighted by Crippen LogP contribution is -2.44. The van der Waals surface area contributed by atoms with Gasteiger partial charge < -0.3 is 15.1 Å². The molecule has 8 nitrogen and oxygen atoms in total. The minimum atomic E-state index is -0.180. The van der Waals surface area contributed by atoms with Crippen molar-refractivity contribution < 1.29 is 4.79 Å². The van der Waals surface area contributed by atoms with Gasteiger partial charge in [0.15, 0.2) is 5.13 Å². The third-order valence-electron chi connectivity index (χ3n) is 7.50. The second kappa shape index (κ2) is 15.0. The first-order valence-electron chi connectivity index (χ1n) is 14.8. The van der Waals surface area contributed by atoms with Crippen LogP contribution in [0.5, 0.6) is 0 Å². The average Bonchev–Trinajstić information content (AvgIpc) is 3.41. The molecule has 220 valence electrons. The Morgan fingerprint density at radius 1 is 1.10 bits per heavy atom. The summed E-state index contributed by atoms with van der Waals surface area (Å²) >= 11 is 1.40. The molecule has 1 aliphatic rings. The van der Waals surface area contributed by atoms with E-state index in [-0.39, 0.29) is 5.91 Å². The molecule has 0 spiro atoms. The monoisotopic (exact) mass is 583 g/mol. The lowest BCUT2D eigenvalue weighted by atomic mass is 10.0. The van der Waals surface area contributed by atoms with Gasteiger partial charge in [0, 0.05) is 29.6 Å². The van der Waals surface area contributed by atoms with Crippen LogP contribution in [-0.4, -0.2) is 69.9 Å². The summed E-state index contributed by atoms with van der Waals surface area (Å²) in [5.74, 6) is -0.180. The molecular weight excluding hydrogens is 542 g/mol. The summed E-state index contributed by atoms with van der Waals surface area (Å²) in [5.41, 5.74) is 4.82. The van der Waals surface area contributed by atoms with Crippen LogP contribution in [0, 0.1) is 18.3 Å². The van der Waals surface area contributed by atoms with Crippen LogP contribution in [0.25, 0.3) is 32.6 Å². The van der Waals surface area contributed by atoms with E-state index in [4.69, 9.17) is 0 Å². The number of aryl methyl sites for hydroxylation is 1. The zero-order valence-corrected chi connectivity index (χ0v) is 26.2. The number of amides is 1. The summed E-state index contributed by atoms with van der Waals surface area (Å²) in [5, 5.41) is 13.5. The highest BCUT2D eigenvalue weighted by Gasteiger charge is 2.21. The number of nitrogens with zero attached hydrogens (tertiary/aromatic N) is 6. The van der Waals surface area contributed by atoms with Crippen LogP contribution in [0.15, 0.2) is 48.8 Å². The summed E-state index contributed by atoms with van der Waals surface area (Å²) in [4.78, 5) is 30.8. The summed E-state index contributed by atoms with van der Waals surface area (Å²) in [7, 11) is 2.24. The third kappa shape index (κ3) is 7.97. The van der Waals surface area contributed by atoms with Gasteiger partial charge in [-0.1, -0.05) is 43.4 Å². The number of fused-ring (bicyclic) bond motifs is 1. The minimum Gasteiger partial charge on any atom is -0.306 e. The number of likely N-dealkylation sites (tertiary alicyclic amines) is 1. The average molecular weight is 584 g/mol. The number of hydrogen-bond donors (Lipinski definition) is 1. The molecule has 0 aliphatic carbocycles. The lowest BCUT2D eigenvalue weighted by Gasteiger charge is -2.37. The number of carbonyl (C=O) groups is 1. The number of hydrogen-bond acceptors (Lipinski definition) is 8. The highest BCUT2D eigenvalue weighted by atomic mass is 32.1. The molecule has 5 rings (SSSR count). The largest absolute Gasteiger partial charge is 0.306 e. The number of piperidine rings is 1. The van der Waals surface area contributed by atoms with Crippen molar-refractivity contribution in [1.82, 2.24) is 24.8 Å². The van der Waals surface area contributed by atoms with Gasteiger partial charge in [0.25, 0.3) is 0 Å². The van der Waals surface area contributed by atoms with Crippen molar-refractivity contribution >= 4 is 33.3 Å². The number of aromatic nitrogens is 3. The maximum absolute atomic E-state index is 11.5. The van der Waals surface area contributed by atoms with Gasteiger partial charge in [-0.05, 0) is 95.7 Å². The maximum atomic E-state index is 11.5. The van der Waals surface area contributed by atoms with Crippen LogP contribution < -0.4 is 5.32 Å². The second-order valence-corrected chi connectivity index (χ2v) is 11.8. The Balaban J connectivity index is 0.000000244. The van der Waals surface area contributed by atoms with E-state index >= 15 is 0 Å². The van der Waals surface area contributed by atoms with Crippen LogP contribution in [0.2, 0.25) is 0 Å². The Bertz CT molecular complexity index is 1530. The number of carbonyl (C=O) groups excluding carboxylic acids is 1. The van der Waals surface area contributed by atoms with Crippen LogP contribution in [0.3, 0.4) is 0 Å². The Kier molecular flexibility index (Phi) is 11.1. The number of rotatable bonds is 8. The summed E-state index contributed by atoms with van der Waals surface area (Å²) in [6.45, 7) is 13.1. The van der Waals surface area contributed by atoms with E-state index in [1.165, 1.54) is 70.1 Å². The predicted molar refractivity (Wildman–Crippen MR) is 173 cm³/mol. The van der Waals surface area contributed by atoms with Crippen molar-refractivity contribution in [2.75, 3.05) is 38.5 Å². The molecule has 1 N–H and O–H groups in total. The number of anilines is 1. The zero-order valence-electron chi connectivity index (χ0n) is 25.4. The standard InChI is InChI=1S/C21H15N5OS.C12H26N2/c1-12-17-9-16(6-7-18(17)24-11-23-12)20-19(26-21(28-20)25-13(2)27)15-5-3-4-14(8-15)10-22;1-4-8-14(9-5-2)12-6-10-13(3)11-7-12/h3-9,11H,1-2H3,(H,25,26,27);12H,4-11H2,1-3H3. The molecule has 0 atom stereocenters. The molecule has 2 aromatic carbocycles. The van der Waals surface area contributed by atoms with Gasteiger partial charge in [0.05, 0.1) is 27.7 Å². The molecule has 4 aromatic rings. The Morgan fingerprint density at radius 3 is 2.50 bits per heavy atom. The normalized spacial score (nSPS) is 13.9. The van der Waals surface area contributed by atoms with Crippen LogP contribution >= 0.6 is 11.3 Å². The number of nitrogens with one attached hydrogen (secondary N) is 1. The van der Waals surface area contributed by atoms with Crippen molar-refractivity contribution in [3.05, 3.63) is 60.0 Å². The zero-order chi connectivity index (χ0) is 30.1.